The fourth-order valence-corrected chi connectivity index (χ4v) is 1.62. The number of hydrogen-bond acceptors (Lipinski definition) is 3. The summed E-state index contributed by atoms with van der Waals surface area (Å²) in [5.74, 6) is 0.283. The highest BCUT2D eigenvalue weighted by Crippen LogP contribution is 2.12. The third-order valence-corrected chi connectivity index (χ3v) is 2.84. The molecule has 0 spiro atoms. The Balaban J connectivity index is 2.48. The van der Waals surface area contributed by atoms with Crippen LogP contribution in [0.3, 0.4) is 0 Å². The van der Waals surface area contributed by atoms with E-state index < -0.39 is 6.04 Å². The van der Waals surface area contributed by atoms with Crippen LogP contribution < -0.4 is 15.4 Å². The molecule has 1 aromatic carbocycles. The van der Waals surface area contributed by atoms with Gasteiger partial charge in [0, 0.05) is 12.6 Å². The predicted octanol–water partition coefficient (Wildman–Crippen LogP) is 1.74. The van der Waals surface area contributed by atoms with Gasteiger partial charge in [-0.15, -0.1) is 0 Å². The molecule has 0 aromatic heterocycles. The van der Waals surface area contributed by atoms with Gasteiger partial charge >= 0.3 is 0 Å². The van der Waals surface area contributed by atoms with Crippen molar-refractivity contribution in [2.24, 2.45) is 0 Å². The lowest BCUT2D eigenvalue weighted by Gasteiger charge is -2.12. The van der Waals surface area contributed by atoms with Gasteiger partial charge < -0.3 is 15.4 Å². The van der Waals surface area contributed by atoms with Crippen LogP contribution in [0.25, 0.3) is 6.08 Å². The van der Waals surface area contributed by atoms with E-state index in [2.05, 4.69) is 10.6 Å². The molecule has 0 heterocycles. The number of hydrogen-bond donors (Lipinski definition) is 2. The zero-order chi connectivity index (χ0) is 15.7. The van der Waals surface area contributed by atoms with Crippen LogP contribution in [-0.4, -0.2) is 31.5 Å². The molecule has 1 aromatic rings. The highest BCUT2D eigenvalue weighted by molar-refractivity contribution is 5.95. The van der Waals surface area contributed by atoms with E-state index in [1.54, 1.807) is 20.1 Å². The molecule has 0 unspecified atom stereocenters. The average molecular weight is 290 g/mol. The number of ether oxygens (including phenoxy) is 1. The van der Waals surface area contributed by atoms with Crippen LogP contribution >= 0.6 is 0 Å². The van der Waals surface area contributed by atoms with Crippen molar-refractivity contribution in [3.8, 4) is 5.75 Å². The second kappa shape index (κ2) is 8.79. The number of methoxy groups -OCH3 is 1. The summed E-state index contributed by atoms with van der Waals surface area (Å²) < 4.78 is 5.06. The van der Waals surface area contributed by atoms with Crippen LogP contribution in [0.4, 0.5) is 0 Å². The quantitative estimate of drug-likeness (QED) is 0.752. The van der Waals surface area contributed by atoms with Gasteiger partial charge in [-0.1, -0.05) is 19.1 Å². The standard InChI is InChI=1S/C16H22N2O3/c1-4-11-17-16(20)12(2)18-15(19)10-7-13-5-8-14(21-3)9-6-13/h5-10,12H,4,11H2,1-3H3,(H,17,20)(H,18,19)/b10-7+/t12-/m1/s1. The van der Waals surface area contributed by atoms with Crippen LogP contribution in [0, 0.1) is 0 Å². The maximum atomic E-state index is 11.7. The molecule has 0 saturated heterocycles. The van der Waals surface area contributed by atoms with Gasteiger partial charge in [-0.05, 0) is 37.1 Å². The minimum atomic E-state index is -0.551. The molecule has 5 nitrogen and oxygen atoms in total. The molecule has 0 radical (unpaired) electrons. The van der Waals surface area contributed by atoms with Gasteiger partial charge in [-0.25, -0.2) is 0 Å². The van der Waals surface area contributed by atoms with E-state index in [4.69, 9.17) is 4.74 Å². The Morgan fingerprint density at radius 3 is 2.52 bits per heavy atom. The monoisotopic (exact) mass is 290 g/mol. The fourth-order valence-electron chi connectivity index (χ4n) is 1.62. The van der Waals surface area contributed by atoms with Crippen molar-refractivity contribution < 1.29 is 14.3 Å². The topological polar surface area (TPSA) is 67.4 Å². The van der Waals surface area contributed by atoms with Crippen molar-refractivity contribution in [1.82, 2.24) is 10.6 Å². The zero-order valence-electron chi connectivity index (χ0n) is 12.7. The molecule has 2 amide bonds. The van der Waals surface area contributed by atoms with Gasteiger partial charge in [0.25, 0.3) is 0 Å². The van der Waals surface area contributed by atoms with Crippen molar-refractivity contribution in [1.29, 1.82) is 0 Å². The lowest BCUT2D eigenvalue weighted by atomic mass is 10.2. The van der Waals surface area contributed by atoms with E-state index in [1.165, 1.54) is 6.08 Å². The Bertz CT molecular complexity index is 495. The van der Waals surface area contributed by atoms with E-state index in [1.807, 2.05) is 31.2 Å². The Kier molecular flexibility index (Phi) is 7.01. The first-order valence-electron chi connectivity index (χ1n) is 6.97. The van der Waals surface area contributed by atoms with Crippen molar-refractivity contribution in [2.75, 3.05) is 13.7 Å². The maximum absolute atomic E-state index is 11.7. The molecular weight excluding hydrogens is 268 g/mol. The molecule has 0 aliphatic carbocycles. The molecule has 1 atom stereocenters. The lowest BCUT2D eigenvalue weighted by Crippen LogP contribution is -2.44. The van der Waals surface area contributed by atoms with E-state index in [9.17, 15) is 9.59 Å². The number of carbonyl (C=O) groups excluding carboxylic acids is 2. The van der Waals surface area contributed by atoms with Crippen LogP contribution in [-0.2, 0) is 9.59 Å². The minimum absolute atomic E-state index is 0.178. The van der Waals surface area contributed by atoms with Crippen molar-refractivity contribution in [3.63, 3.8) is 0 Å². The summed E-state index contributed by atoms with van der Waals surface area (Å²) in [6, 6.07) is 6.78. The summed E-state index contributed by atoms with van der Waals surface area (Å²) in [4.78, 5) is 23.3. The highest BCUT2D eigenvalue weighted by Gasteiger charge is 2.12. The molecule has 0 aliphatic rings. The molecule has 21 heavy (non-hydrogen) atoms. The Labute approximate surface area is 125 Å². The molecule has 0 fully saturated rings. The number of carbonyl (C=O) groups is 2. The summed E-state index contributed by atoms with van der Waals surface area (Å²) in [5.41, 5.74) is 0.883. The summed E-state index contributed by atoms with van der Waals surface area (Å²) in [6.07, 6.45) is 3.96. The molecule has 5 heteroatoms. The molecule has 2 N–H and O–H groups in total. The zero-order valence-corrected chi connectivity index (χ0v) is 12.7. The van der Waals surface area contributed by atoms with Gasteiger partial charge in [-0.2, -0.15) is 0 Å². The van der Waals surface area contributed by atoms with Crippen LogP contribution in [0.1, 0.15) is 25.8 Å². The first kappa shape index (κ1) is 16.8. The lowest BCUT2D eigenvalue weighted by molar-refractivity contribution is -0.126. The summed E-state index contributed by atoms with van der Waals surface area (Å²) >= 11 is 0. The van der Waals surface area contributed by atoms with E-state index in [0.717, 1.165) is 17.7 Å². The van der Waals surface area contributed by atoms with Crippen LogP contribution in [0.15, 0.2) is 30.3 Å². The minimum Gasteiger partial charge on any atom is -0.497 e. The van der Waals surface area contributed by atoms with Crippen LogP contribution in [0.5, 0.6) is 5.75 Å². The Morgan fingerprint density at radius 2 is 1.95 bits per heavy atom. The van der Waals surface area contributed by atoms with Crippen molar-refractivity contribution in [2.45, 2.75) is 26.3 Å². The largest absolute Gasteiger partial charge is 0.497 e. The van der Waals surface area contributed by atoms with Crippen LogP contribution in [0.2, 0.25) is 0 Å². The summed E-state index contributed by atoms with van der Waals surface area (Å²) in [5, 5.41) is 5.35. The first-order chi connectivity index (χ1) is 10.1. The number of nitrogens with one attached hydrogen (secondary N) is 2. The maximum Gasteiger partial charge on any atom is 0.244 e. The highest BCUT2D eigenvalue weighted by atomic mass is 16.5. The van der Waals surface area contributed by atoms with Gasteiger partial charge in [-0.3, -0.25) is 9.59 Å². The Hall–Kier alpha value is -2.30. The predicted molar refractivity (Wildman–Crippen MR) is 82.9 cm³/mol. The molecular formula is C16H22N2O3. The second-order valence-corrected chi connectivity index (χ2v) is 4.63. The number of amides is 2. The molecule has 114 valence electrons. The number of benzene rings is 1. The Morgan fingerprint density at radius 1 is 1.29 bits per heavy atom. The smallest absolute Gasteiger partial charge is 0.244 e. The molecule has 1 rings (SSSR count). The van der Waals surface area contributed by atoms with Crippen molar-refractivity contribution in [3.05, 3.63) is 35.9 Å². The van der Waals surface area contributed by atoms with E-state index in [0.29, 0.717) is 6.54 Å². The van der Waals surface area contributed by atoms with Gasteiger partial charge in [0.05, 0.1) is 7.11 Å². The molecule has 0 saturated carbocycles. The molecule has 0 bridgehead atoms. The fraction of sp³-hybridized carbons (Fsp3) is 0.375. The first-order valence-corrected chi connectivity index (χ1v) is 6.97. The normalized spacial score (nSPS) is 12.0. The third-order valence-electron chi connectivity index (χ3n) is 2.84. The average Bonchev–Trinajstić information content (AvgIpc) is 2.50. The summed E-state index contributed by atoms with van der Waals surface area (Å²) in [6.45, 7) is 4.24. The van der Waals surface area contributed by atoms with E-state index in [-0.39, 0.29) is 11.8 Å². The van der Waals surface area contributed by atoms with Gasteiger partial charge in [0.1, 0.15) is 11.8 Å². The number of rotatable bonds is 7. The van der Waals surface area contributed by atoms with E-state index >= 15 is 0 Å². The van der Waals surface area contributed by atoms with Gasteiger partial charge in [0.2, 0.25) is 11.8 Å². The molecule has 0 aliphatic heterocycles. The third kappa shape index (κ3) is 6.12. The second-order valence-electron chi connectivity index (χ2n) is 4.63. The van der Waals surface area contributed by atoms with Crippen molar-refractivity contribution >= 4 is 17.9 Å². The SMILES string of the molecule is CCCNC(=O)[C@@H](C)NC(=O)/C=C/c1ccc(OC)cc1. The summed E-state index contributed by atoms with van der Waals surface area (Å²) in [7, 11) is 1.60. The van der Waals surface area contributed by atoms with Gasteiger partial charge in [0.15, 0.2) is 0 Å².